The first-order chi connectivity index (χ1) is 12.8. The second-order valence-electron chi connectivity index (χ2n) is 7.53. The summed E-state index contributed by atoms with van der Waals surface area (Å²) in [4.78, 5) is 23.2. The molecule has 1 rings (SSSR count). The van der Waals surface area contributed by atoms with Crippen molar-refractivity contribution in [3.05, 3.63) is 36.5 Å². The topological polar surface area (TPSA) is 83.8 Å². The van der Waals surface area contributed by atoms with Crippen molar-refractivity contribution in [1.29, 1.82) is 0 Å². The number of aliphatic hydroxyl groups is 2. The van der Waals surface area contributed by atoms with Crippen LogP contribution in [0.4, 0.5) is 0 Å². The van der Waals surface area contributed by atoms with Crippen LogP contribution in [0.2, 0.25) is 0 Å². The van der Waals surface area contributed by atoms with Gasteiger partial charge in [-0.25, -0.2) is 0 Å². The molecule has 0 heterocycles. The van der Waals surface area contributed by atoms with Gasteiger partial charge in [0.05, 0.1) is 25.2 Å². The van der Waals surface area contributed by atoms with Crippen molar-refractivity contribution in [1.82, 2.24) is 0 Å². The molecule has 0 aromatic rings. The average Bonchev–Trinajstić information content (AvgIpc) is 2.89. The van der Waals surface area contributed by atoms with Crippen molar-refractivity contribution in [2.75, 3.05) is 7.11 Å². The van der Waals surface area contributed by atoms with Crippen molar-refractivity contribution in [2.45, 2.75) is 70.5 Å². The molecule has 0 saturated heterocycles. The molecule has 1 aliphatic rings. The van der Waals surface area contributed by atoms with E-state index in [1.807, 2.05) is 25.2 Å². The van der Waals surface area contributed by atoms with Gasteiger partial charge in [0.1, 0.15) is 5.78 Å². The Morgan fingerprint density at radius 2 is 2.00 bits per heavy atom. The Balaban J connectivity index is 2.58. The first-order valence-corrected chi connectivity index (χ1v) is 9.79. The Bertz CT molecular complexity index is 559. The van der Waals surface area contributed by atoms with Gasteiger partial charge in [-0.1, -0.05) is 56.2 Å². The molecular formula is C22H34O5. The number of esters is 1. The Morgan fingerprint density at radius 1 is 1.30 bits per heavy atom. The van der Waals surface area contributed by atoms with Gasteiger partial charge in [0, 0.05) is 18.3 Å². The van der Waals surface area contributed by atoms with Gasteiger partial charge in [0.2, 0.25) is 0 Å². The van der Waals surface area contributed by atoms with Crippen LogP contribution in [0.1, 0.15) is 58.8 Å². The fourth-order valence-electron chi connectivity index (χ4n) is 3.30. The van der Waals surface area contributed by atoms with Crippen molar-refractivity contribution in [2.24, 2.45) is 11.8 Å². The molecule has 1 unspecified atom stereocenters. The predicted molar refractivity (Wildman–Crippen MR) is 106 cm³/mol. The summed E-state index contributed by atoms with van der Waals surface area (Å²) >= 11 is 0. The minimum Gasteiger partial charge on any atom is -0.469 e. The van der Waals surface area contributed by atoms with E-state index in [4.69, 9.17) is 0 Å². The SMILES string of the molecule is CCCCC(C)(O)C/C=C/[C@H]1[C@H](O)CC(=O)[C@@H]1C/C=C/C=C\CC(=O)OC. The fraction of sp³-hybridized carbons (Fsp3) is 0.636. The van der Waals surface area contributed by atoms with Crippen LogP contribution in [0.3, 0.4) is 0 Å². The van der Waals surface area contributed by atoms with Gasteiger partial charge < -0.3 is 14.9 Å². The summed E-state index contributed by atoms with van der Waals surface area (Å²) in [6.07, 6.45) is 14.5. The summed E-state index contributed by atoms with van der Waals surface area (Å²) in [6, 6.07) is 0. The molecule has 1 fully saturated rings. The van der Waals surface area contributed by atoms with Gasteiger partial charge in [0.15, 0.2) is 0 Å². The third kappa shape index (κ3) is 8.67. The van der Waals surface area contributed by atoms with Gasteiger partial charge in [-0.3, -0.25) is 9.59 Å². The fourth-order valence-corrected chi connectivity index (χ4v) is 3.30. The zero-order valence-corrected chi connectivity index (χ0v) is 16.8. The van der Waals surface area contributed by atoms with Crippen LogP contribution in [0.25, 0.3) is 0 Å². The molecule has 152 valence electrons. The maximum absolute atomic E-state index is 12.2. The molecule has 0 spiro atoms. The zero-order chi connectivity index (χ0) is 20.3. The standard InChI is InChI=1S/C22H34O5/c1-4-5-14-22(2,26)15-10-12-18-17(19(23)16-20(18)24)11-8-6-7-9-13-21(25)27-3/h6-10,12,17-18,20,24,26H,4-5,11,13-16H2,1-3H3/b8-6+,9-7-,12-10+/t17-,18-,20-,22?/m1/s1. The number of aliphatic hydroxyl groups excluding tert-OH is 1. The highest BCUT2D eigenvalue weighted by Crippen LogP contribution is 2.33. The second kappa shape index (κ2) is 11.9. The van der Waals surface area contributed by atoms with Crippen LogP contribution in [0, 0.1) is 11.8 Å². The third-order valence-electron chi connectivity index (χ3n) is 5.00. The van der Waals surface area contributed by atoms with Gasteiger partial charge in [-0.15, -0.1) is 0 Å². The number of rotatable bonds is 11. The second-order valence-corrected chi connectivity index (χ2v) is 7.53. The van der Waals surface area contributed by atoms with Crippen LogP contribution in [-0.2, 0) is 14.3 Å². The number of hydrogen-bond acceptors (Lipinski definition) is 5. The minimum absolute atomic E-state index is 0.0677. The molecule has 0 radical (unpaired) electrons. The van der Waals surface area contributed by atoms with E-state index >= 15 is 0 Å². The normalized spacial score (nSPS) is 25.7. The largest absolute Gasteiger partial charge is 0.469 e. The number of methoxy groups -OCH3 is 1. The maximum atomic E-state index is 12.2. The number of Topliss-reactive ketones (excluding diaryl/α,β-unsaturated/α-hetero) is 1. The number of hydrogen-bond donors (Lipinski definition) is 2. The molecule has 0 aromatic carbocycles. The molecule has 27 heavy (non-hydrogen) atoms. The van der Waals surface area contributed by atoms with Crippen molar-refractivity contribution < 1.29 is 24.5 Å². The Hall–Kier alpha value is -1.72. The Morgan fingerprint density at radius 3 is 2.67 bits per heavy atom. The van der Waals surface area contributed by atoms with Crippen molar-refractivity contribution in [3.63, 3.8) is 0 Å². The van der Waals surface area contributed by atoms with Gasteiger partial charge in [-0.05, 0) is 26.2 Å². The van der Waals surface area contributed by atoms with E-state index in [2.05, 4.69) is 11.7 Å². The molecule has 5 nitrogen and oxygen atoms in total. The van der Waals surface area contributed by atoms with E-state index in [0.29, 0.717) is 12.8 Å². The molecule has 0 aliphatic heterocycles. The quantitative estimate of drug-likeness (QED) is 0.327. The molecule has 0 bridgehead atoms. The molecule has 4 atom stereocenters. The smallest absolute Gasteiger partial charge is 0.309 e. The Labute approximate surface area is 162 Å². The van der Waals surface area contributed by atoms with Gasteiger partial charge in [0.25, 0.3) is 0 Å². The summed E-state index contributed by atoms with van der Waals surface area (Å²) in [6.45, 7) is 3.92. The highest BCUT2D eigenvalue weighted by molar-refractivity contribution is 5.84. The van der Waals surface area contributed by atoms with E-state index in [-0.39, 0.29) is 36.4 Å². The minimum atomic E-state index is -0.750. The van der Waals surface area contributed by atoms with E-state index in [0.717, 1.165) is 19.3 Å². The molecule has 1 saturated carbocycles. The highest BCUT2D eigenvalue weighted by atomic mass is 16.5. The summed E-state index contributed by atoms with van der Waals surface area (Å²) < 4.78 is 4.55. The number of carbonyl (C=O) groups is 2. The third-order valence-corrected chi connectivity index (χ3v) is 5.00. The highest BCUT2D eigenvalue weighted by Gasteiger charge is 2.39. The van der Waals surface area contributed by atoms with Crippen LogP contribution >= 0.6 is 0 Å². The first-order valence-electron chi connectivity index (χ1n) is 9.79. The van der Waals surface area contributed by atoms with Crippen LogP contribution in [0.15, 0.2) is 36.5 Å². The summed E-state index contributed by atoms with van der Waals surface area (Å²) in [5.74, 6) is -0.697. The van der Waals surface area contributed by atoms with E-state index in [1.54, 1.807) is 18.2 Å². The number of ketones is 1. The summed E-state index contributed by atoms with van der Waals surface area (Å²) in [5, 5.41) is 20.6. The number of carbonyl (C=O) groups excluding carboxylic acids is 2. The number of unbranched alkanes of at least 4 members (excludes halogenated alkanes) is 1. The number of ether oxygens (including phenoxy) is 1. The predicted octanol–water partition coefficient (Wildman–Crippen LogP) is 3.51. The van der Waals surface area contributed by atoms with E-state index in [9.17, 15) is 19.8 Å². The van der Waals surface area contributed by atoms with Crippen molar-refractivity contribution in [3.8, 4) is 0 Å². The first kappa shape index (κ1) is 23.3. The lowest BCUT2D eigenvalue weighted by molar-refractivity contribution is -0.139. The lowest BCUT2D eigenvalue weighted by Crippen LogP contribution is -2.23. The summed E-state index contributed by atoms with van der Waals surface area (Å²) in [5.41, 5.74) is -0.750. The van der Waals surface area contributed by atoms with Crippen LogP contribution in [0.5, 0.6) is 0 Å². The Kier molecular flexibility index (Phi) is 10.3. The molecule has 1 aliphatic carbocycles. The van der Waals surface area contributed by atoms with Crippen LogP contribution < -0.4 is 0 Å². The van der Waals surface area contributed by atoms with Gasteiger partial charge >= 0.3 is 5.97 Å². The maximum Gasteiger partial charge on any atom is 0.309 e. The molecule has 5 heteroatoms. The van der Waals surface area contributed by atoms with Crippen LogP contribution in [-0.4, -0.2) is 40.8 Å². The lowest BCUT2D eigenvalue weighted by atomic mass is 9.89. The lowest BCUT2D eigenvalue weighted by Gasteiger charge is -2.22. The molecule has 2 N–H and O–H groups in total. The molecule has 0 aromatic heterocycles. The summed E-state index contributed by atoms with van der Waals surface area (Å²) in [7, 11) is 1.35. The number of allylic oxidation sites excluding steroid dienone is 3. The van der Waals surface area contributed by atoms with E-state index < -0.39 is 11.7 Å². The van der Waals surface area contributed by atoms with E-state index in [1.165, 1.54) is 7.11 Å². The van der Waals surface area contributed by atoms with Gasteiger partial charge in [-0.2, -0.15) is 0 Å². The van der Waals surface area contributed by atoms with Crippen molar-refractivity contribution >= 4 is 11.8 Å². The monoisotopic (exact) mass is 378 g/mol. The molecule has 0 amide bonds. The zero-order valence-electron chi connectivity index (χ0n) is 16.8. The molecular weight excluding hydrogens is 344 g/mol. The average molecular weight is 379 g/mol.